The van der Waals surface area contributed by atoms with E-state index in [1.165, 1.54) is 24.6 Å². The standard InChI is InChI=1S/C12H18N2O3S/c1-8(9-3-2-4-9)14-18(16,17)10-5-6-12(15)11(13)7-10/h5-9,14-15H,2-4,13H2,1H3. The molecule has 2 rings (SSSR count). The summed E-state index contributed by atoms with van der Waals surface area (Å²) in [6.07, 6.45) is 3.31. The van der Waals surface area contributed by atoms with Gasteiger partial charge in [-0.25, -0.2) is 13.1 Å². The van der Waals surface area contributed by atoms with Crippen molar-refractivity contribution in [2.45, 2.75) is 37.1 Å². The van der Waals surface area contributed by atoms with Gasteiger partial charge in [-0.3, -0.25) is 0 Å². The highest BCUT2D eigenvalue weighted by Crippen LogP contribution is 2.30. The van der Waals surface area contributed by atoms with Crippen LogP contribution in [0.3, 0.4) is 0 Å². The topological polar surface area (TPSA) is 92.4 Å². The molecule has 1 fully saturated rings. The fraction of sp³-hybridized carbons (Fsp3) is 0.500. The largest absolute Gasteiger partial charge is 0.506 e. The van der Waals surface area contributed by atoms with Gasteiger partial charge < -0.3 is 10.8 Å². The number of phenolic OH excluding ortho intramolecular Hbond substituents is 1. The third-order valence-electron chi connectivity index (χ3n) is 3.51. The molecular weight excluding hydrogens is 252 g/mol. The first-order valence-corrected chi connectivity index (χ1v) is 7.49. The number of anilines is 1. The molecule has 4 N–H and O–H groups in total. The molecule has 18 heavy (non-hydrogen) atoms. The number of nitrogens with one attached hydrogen (secondary N) is 1. The van der Waals surface area contributed by atoms with Crippen molar-refractivity contribution in [3.63, 3.8) is 0 Å². The van der Waals surface area contributed by atoms with Crippen molar-refractivity contribution in [1.29, 1.82) is 0 Å². The highest BCUT2D eigenvalue weighted by molar-refractivity contribution is 7.89. The fourth-order valence-corrected chi connectivity index (χ4v) is 3.40. The molecule has 100 valence electrons. The monoisotopic (exact) mass is 270 g/mol. The van der Waals surface area contributed by atoms with Crippen LogP contribution in [0.25, 0.3) is 0 Å². The number of sulfonamides is 1. The molecule has 0 amide bonds. The molecule has 1 aliphatic carbocycles. The minimum absolute atomic E-state index is 0.0640. The van der Waals surface area contributed by atoms with Crippen molar-refractivity contribution < 1.29 is 13.5 Å². The van der Waals surface area contributed by atoms with Gasteiger partial charge in [0.15, 0.2) is 0 Å². The molecule has 0 bridgehead atoms. The molecule has 0 aliphatic heterocycles. The quantitative estimate of drug-likeness (QED) is 0.570. The molecule has 0 saturated heterocycles. The summed E-state index contributed by atoms with van der Waals surface area (Å²) in [4.78, 5) is 0.0870. The van der Waals surface area contributed by atoms with Crippen molar-refractivity contribution in [3.05, 3.63) is 18.2 Å². The van der Waals surface area contributed by atoms with Crippen LogP contribution in [0.1, 0.15) is 26.2 Å². The van der Waals surface area contributed by atoms with Crippen LogP contribution in [0.5, 0.6) is 5.75 Å². The first-order valence-electron chi connectivity index (χ1n) is 6.01. The number of hydrogen-bond donors (Lipinski definition) is 3. The molecule has 1 atom stereocenters. The zero-order valence-electron chi connectivity index (χ0n) is 10.3. The fourth-order valence-electron chi connectivity index (χ4n) is 2.05. The van der Waals surface area contributed by atoms with E-state index >= 15 is 0 Å². The van der Waals surface area contributed by atoms with Gasteiger partial charge >= 0.3 is 0 Å². The number of rotatable bonds is 4. The minimum Gasteiger partial charge on any atom is -0.506 e. The number of benzene rings is 1. The Labute approximate surface area is 107 Å². The van der Waals surface area contributed by atoms with Crippen LogP contribution in [0, 0.1) is 5.92 Å². The van der Waals surface area contributed by atoms with Crippen molar-refractivity contribution in [2.24, 2.45) is 5.92 Å². The maximum Gasteiger partial charge on any atom is 0.240 e. The normalized spacial score (nSPS) is 18.3. The van der Waals surface area contributed by atoms with Gasteiger partial charge in [-0.2, -0.15) is 0 Å². The maximum atomic E-state index is 12.1. The number of nitrogens with two attached hydrogens (primary N) is 1. The summed E-state index contributed by atoms with van der Waals surface area (Å²) in [6.45, 7) is 1.88. The average molecular weight is 270 g/mol. The molecule has 5 nitrogen and oxygen atoms in total. The van der Waals surface area contributed by atoms with Gasteiger partial charge in [0.1, 0.15) is 5.75 Å². The van der Waals surface area contributed by atoms with Gasteiger partial charge in [-0.15, -0.1) is 0 Å². The van der Waals surface area contributed by atoms with Gasteiger partial charge in [0.05, 0.1) is 10.6 Å². The zero-order valence-corrected chi connectivity index (χ0v) is 11.1. The average Bonchev–Trinajstić information content (AvgIpc) is 2.18. The molecule has 0 heterocycles. The lowest BCUT2D eigenvalue weighted by atomic mass is 9.81. The molecule has 6 heteroatoms. The van der Waals surface area contributed by atoms with Crippen LogP contribution >= 0.6 is 0 Å². The molecular formula is C12H18N2O3S. The predicted molar refractivity (Wildman–Crippen MR) is 69.6 cm³/mol. The molecule has 0 radical (unpaired) electrons. The van der Waals surface area contributed by atoms with E-state index in [9.17, 15) is 13.5 Å². The molecule has 1 aromatic carbocycles. The van der Waals surface area contributed by atoms with Crippen LogP contribution in [-0.4, -0.2) is 19.6 Å². The lowest BCUT2D eigenvalue weighted by Crippen LogP contribution is -2.40. The summed E-state index contributed by atoms with van der Waals surface area (Å²) in [5.41, 5.74) is 5.57. The number of hydrogen-bond acceptors (Lipinski definition) is 4. The second-order valence-electron chi connectivity index (χ2n) is 4.82. The van der Waals surface area contributed by atoms with Crippen LogP contribution in [0.4, 0.5) is 5.69 Å². The summed E-state index contributed by atoms with van der Waals surface area (Å²) in [6, 6.07) is 3.84. The van der Waals surface area contributed by atoms with Crippen molar-refractivity contribution >= 4 is 15.7 Å². The maximum absolute atomic E-state index is 12.1. The Morgan fingerprint density at radius 1 is 1.44 bits per heavy atom. The summed E-state index contributed by atoms with van der Waals surface area (Å²) in [5, 5.41) is 9.29. The molecule has 0 spiro atoms. The number of phenols is 1. The second kappa shape index (κ2) is 4.78. The Bertz CT molecular complexity index is 538. The van der Waals surface area contributed by atoms with E-state index in [2.05, 4.69) is 4.72 Å². The van der Waals surface area contributed by atoms with Crippen molar-refractivity contribution in [3.8, 4) is 5.75 Å². The van der Waals surface area contributed by atoms with Gasteiger partial charge in [-0.1, -0.05) is 6.42 Å². The smallest absolute Gasteiger partial charge is 0.240 e. The van der Waals surface area contributed by atoms with Crippen molar-refractivity contribution in [1.82, 2.24) is 4.72 Å². The van der Waals surface area contributed by atoms with Gasteiger partial charge in [0, 0.05) is 6.04 Å². The van der Waals surface area contributed by atoms with Gasteiger partial charge in [0.25, 0.3) is 0 Å². The van der Waals surface area contributed by atoms with Gasteiger partial charge in [-0.05, 0) is 43.9 Å². The zero-order chi connectivity index (χ0) is 13.3. The van der Waals surface area contributed by atoms with E-state index in [-0.39, 0.29) is 22.4 Å². The second-order valence-corrected chi connectivity index (χ2v) is 6.54. The van der Waals surface area contributed by atoms with Crippen LogP contribution in [0.2, 0.25) is 0 Å². The Hall–Kier alpha value is -1.27. The first kappa shape index (κ1) is 13.2. The summed E-state index contributed by atoms with van der Waals surface area (Å²) < 4.78 is 26.9. The third-order valence-corrected chi connectivity index (χ3v) is 5.06. The van der Waals surface area contributed by atoms with E-state index in [1.807, 2.05) is 6.92 Å². The highest BCUT2D eigenvalue weighted by Gasteiger charge is 2.28. The molecule has 1 aliphatic rings. The van der Waals surface area contributed by atoms with Crippen LogP contribution in [0.15, 0.2) is 23.1 Å². The minimum atomic E-state index is -3.56. The van der Waals surface area contributed by atoms with E-state index in [0.717, 1.165) is 12.8 Å². The Balaban J connectivity index is 2.16. The first-order chi connectivity index (χ1) is 8.40. The van der Waals surface area contributed by atoms with Gasteiger partial charge in [0.2, 0.25) is 10.0 Å². The summed E-state index contributed by atoms with van der Waals surface area (Å²) in [7, 11) is -3.56. The molecule has 0 aromatic heterocycles. The van der Waals surface area contributed by atoms with E-state index in [0.29, 0.717) is 5.92 Å². The van der Waals surface area contributed by atoms with Crippen LogP contribution in [-0.2, 0) is 10.0 Å². The predicted octanol–water partition coefficient (Wildman–Crippen LogP) is 1.44. The lowest BCUT2D eigenvalue weighted by Gasteiger charge is -2.31. The highest BCUT2D eigenvalue weighted by atomic mass is 32.2. The molecule has 1 unspecified atom stereocenters. The molecule has 1 saturated carbocycles. The molecule has 1 aromatic rings. The third kappa shape index (κ3) is 2.59. The van der Waals surface area contributed by atoms with E-state index in [4.69, 9.17) is 5.73 Å². The summed E-state index contributed by atoms with van der Waals surface area (Å²) in [5.74, 6) is 0.315. The number of aromatic hydroxyl groups is 1. The van der Waals surface area contributed by atoms with E-state index in [1.54, 1.807) is 0 Å². The Morgan fingerprint density at radius 3 is 2.61 bits per heavy atom. The Morgan fingerprint density at radius 2 is 2.11 bits per heavy atom. The van der Waals surface area contributed by atoms with Crippen LogP contribution < -0.4 is 10.5 Å². The SMILES string of the molecule is CC(NS(=O)(=O)c1ccc(O)c(N)c1)C1CCC1. The Kier molecular flexibility index (Phi) is 3.49. The lowest BCUT2D eigenvalue weighted by molar-refractivity contribution is 0.260. The summed E-state index contributed by atoms with van der Waals surface area (Å²) >= 11 is 0. The van der Waals surface area contributed by atoms with E-state index < -0.39 is 10.0 Å². The number of nitrogen functional groups attached to an aromatic ring is 1. The van der Waals surface area contributed by atoms with Crippen molar-refractivity contribution in [2.75, 3.05) is 5.73 Å².